The predicted octanol–water partition coefficient (Wildman–Crippen LogP) is 2.34. The molecule has 12 heteroatoms. The van der Waals surface area contributed by atoms with Crippen LogP contribution < -0.4 is 20.7 Å². The molecule has 12 nitrogen and oxygen atoms in total. The summed E-state index contributed by atoms with van der Waals surface area (Å²) in [5.74, 6) is 0.933. The predicted molar refractivity (Wildman–Crippen MR) is 150 cm³/mol. The molecule has 1 saturated heterocycles. The fourth-order valence-corrected chi connectivity index (χ4v) is 4.79. The molecule has 2 aromatic heterocycles. The summed E-state index contributed by atoms with van der Waals surface area (Å²) in [4.78, 5) is 38.8. The lowest BCUT2D eigenvalue weighted by molar-refractivity contribution is -0.116. The molecular weight excluding hydrogens is 498 g/mol. The van der Waals surface area contributed by atoms with Gasteiger partial charge in [-0.25, -0.2) is 9.97 Å². The summed E-state index contributed by atoms with van der Waals surface area (Å²) in [5, 5.41) is 13.2. The van der Waals surface area contributed by atoms with E-state index in [0.717, 1.165) is 26.2 Å². The summed E-state index contributed by atoms with van der Waals surface area (Å²) in [6.45, 7) is 9.03. The Morgan fingerprint density at radius 1 is 1.18 bits per heavy atom. The highest BCUT2D eigenvalue weighted by atomic mass is 16.5. The molecule has 1 unspecified atom stereocenters. The molecule has 0 spiro atoms. The first kappa shape index (κ1) is 28.0. The highest BCUT2D eigenvalue weighted by molar-refractivity contribution is 6.01. The second kappa shape index (κ2) is 12.7. The molecule has 0 radical (unpaired) electrons. The van der Waals surface area contributed by atoms with E-state index >= 15 is 0 Å². The van der Waals surface area contributed by atoms with Crippen molar-refractivity contribution in [3.63, 3.8) is 0 Å². The zero-order valence-electron chi connectivity index (χ0n) is 23.2. The standard InChI is InChI=1S/C27H37N9O3/c1-6-36-13-12-35(16-18(36)2)11-10-24(37)32-23-14-22(20(15-29-23)27(38)28-3)31-21-9-7-8-19(25(21)39-5)26-30-17-34(4)33-26/h7-9,14-15,17-18H,6,10-13,16H2,1-5H3,(H,28,38)(H2,29,31,32,37). The van der Waals surface area contributed by atoms with Crippen molar-refractivity contribution < 1.29 is 14.3 Å². The third-order valence-corrected chi connectivity index (χ3v) is 6.88. The number of ether oxygens (including phenoxy) is 1. The van der Waals surface area contributed by atoms with Crippen LogP contribution in [0.15, 0.2) is 36.8 Å². The second-order valence-corrected chi connectivity index (χ2v) is 9.52. The molecule has 1 atom stereocenters. The molecule has 0 saturated carbocycles. The maximum Gasteiger partial charge on any atom is 0.254 e. The van der Waals surface area contributed by atoms with E-state index in [-0.39, 0.29) is 11.8 Å². The molecule has 4 rings (SSSR count). The normalized spacial score (nSPS) is 16.1. The third kappa shape index (κ3) is 6.70. The summed E-state index contributed by atoms with van der Waals surface area (Å²) < 4.78 is 7.31. The third-order valence-electron chi connectivity index (χ3n) is 6.88. The minimum absolute atomic E-state index is 0.132. The molecule has 1 aromatic carbocycles. The van der Waals surface area contributed by atoms with Crippen LogP contribution in [0.25, 0.3) is 11.4 Å². The lowest BCUT2D eigenvalue weighted by Gasteiger charge is -2.39. The summed E-state index contributed by atoms with van der Waals surface area (Å²) >= 11 is 0. The Morgan fingerprint density at radius 3 is 2.67 bits per heavy atom. The number of amides is 2. The van der Waals surface area contributed by atoms with Crippen molar-refractivity contribution in [2.45, 2.75) is 26.3 Å². The largest absolute Gasteiger partial charge is 0.494 e. The fraction of sp³-hybridized carbons (Fsp3) is 0.444. The molecule has 0 aliphatic carbocycles. The van der Waals surface area contributed by atoms with Crippen LogP contribution in [0.2, 0.25) is 0 Å². The Hall–Kier alpha value is -4.03. The lowest BCUT2D eigenvalue weighted by atomic mass is 10.1. The van der Waals surface area contributed by atoms with E-state index in [0.29, 0.717) is 58.9 Å². The van der Waals surface area contributed by atoms with Crippen LogP contribution in [0.1, 0.15) is 30.6 Å². The highest BCUT2D eigenvalue weighted by Gasteiger charge is 2.23. The van der Waals surface area contributed by atoms with E-state index in [1.807, 2.05) is 18.2 Å². The van der Waals surface area contributed by atoms with Gasteiger partial charge in [-0.05, 0) is 25.6 Å². The first-order valence-corrected chi connectivity index (χ1v) is 13.1. The van der Waals surface area contributed by atoms with Crippen molar-refractivity contribution in [1.29, 1.82) is 0 Å². The van der Waals surface area contributed by atoms with Crippen LogP contribution in [0.5, 0.6) is 5.75 Å². The van der Waals surface area contributed by atoms with E-state index < -0.39 is 0 Å². The second-order valence-electron chi connectivity index (χ2n) is 9.52. The molecule has 39 heavy (non-hydrogen) atoms. The summed E-state index contributed by atoms with van der Waals surface area (Å²) in [5.41, 5.74) is 2.09. The highest BCUT2D eigenvalue weighted by Crippen LogP contribution is 2.37. The Bertz CT molecular complexity index is 1310. The number of hydrogen-bond acceptors (Lipinski definition) is 9. The quantitative estimate of drug-likeness (QED) is 0.358. The number of rotatable bonds is 10. The molecule has 208 valence electrons. The minimum Gasteiger partial charge on any atom is -0.494 e. The van der Waals surface area contributed by atoms with Crippen molar-refractivity contribution in [2.75, 3.05) is 57.5 Å². The van der Waals surface area contributed by atoms with Crippen molar-refractivity contribution in [3.8, 4) is 17.1 Å². The number of benzene rings is 1. The number of likely N-dealkylation sites (N-methyl/N-ethyl adjacent to an activating group) is 1. The Labute approximate surface area is 228 Å². The molecule has 2 amide bonds. The smallest absolute Gasteiger partial charge is 0.254 e. The summed E-state index contributed by atoms with van der Waals surface area (Å²) in [7, 11) is 4.91. The van der Waals surface area contributed by atoms with Crippen LogP contribution >= 0.6 is 0 Å². The van der Waals surface area contributed by atoms with Crippen LogP contribution in [-0.2, 0) is 11.8 Å². The van der Waals surface area contributed by atoms with E-state index in [2.05, 4.69) is 54.7 Å². The number of methoxy groups -OCH3 is 1. The number of aryl methyl sites for hydroxylation is 1. The number of aromatic nitrogens is 4. The van der Waals surface area contributed by atoms with E-state index in [4.69, 9.17) is 4.74 Å². The fourth-order valence-electron chi connectivity index (χ4n) is 4.79. The van der Waals surface area contributed by atoms with Gasteiger partial charge in [0, 0.05) is 65.0 Å². The average Bonchev–Trinajstić information content (AvgIpc) is 3.37. The zero-order chi connectivity index (χ0) is 27.9. The van der Waals surface area contributed by atoms with Gasteiger partial charge in [0.15, 0.2) is 11.6 Å². The van der Waals surface area contributed by atoms with Gasteiger partial charge in [0.1, 0.15) is 12.1 Å². The van der Waals surface area contributed by atoms with Gasteiger partial charge in [-0.15, -0.1) is 0 Å². The Morgan fingerprint density at radius 2 is 2.00 bits per heavy atom. The molecule has 1 fully saturated rings. The van der Waals surface area contributed by atoms with Gasteiger partial charge in [-0.2, -0.15) is 5.10 Å². The van der Waals surface area contributed by atoms with Gasteiger partial charge in [0.25, 0.3) is 5.91 Å². The summed E-state index contributed by atoms with van der Waals surface area (Å²) in [6, 6.07) is 7.66. The van der Waals surface area contributed by atoms with Crippen LogP contribution in [0, 0.1) is 0 Å². The van der Waals surface area contributed by atoms with E-state index in [9.17, 15) is 9.59 Å². The van der Waals surface area contributed by atoms with Crippen LogP contribution in [-0.4, -0.2) is 94.3 Å². The molecule has 3 heterocycles. The van der Waals surface area contributed by atoms with Gasteiger partial charge in [-0.1, -0.05) is 13.0 Å². The number of carbonyl (C=O) groups excluding carboxylic acids is 2. The van der Waals surface area contributed by atoms with Gasteiger partial charge < -0.3 is 25.6 Å². The van der Waals surface area contributed by atoms with Crippen molar-refractivity contribution in [1.82, 2.24) is 34.9 Å². The molecule has 1 aliphatic rings. The Kier molecular flexibility index (Phi) is 9.10. The molecular formula is C27H37N9O3. The number of nitrogens with zero attached hydrogens (tertiary/aromatic N) is 6. The molecule has 1 aliphatic heterocycles. The van der Waals surface area contributed by atoms with Crippen LogP contribution in [0.3, 0.4) is 0 Å². The zero-order valence-corrected chi connectivity index (χ0v) is 23.2. The van der Waals surface area contributed by atoms with Gasteiger partial charge in [0.05, 0.1) is 29.6 Å². The number of anilines is 3. The van der Waals surface area contributed by atoms with Gasteiger partial charge in [0.2, 0.25) is 5.91 Å². The number of hydrogen-bond donors (Lipinski definition) is 3. The number of nitrogens with one attached hydrogen (secondary N) is 3. The first-order chi connectivity index (χ1) is 18.8. The van der Waals surface area contributed by atoms with Crippen molar-refractivity contribution in [3.05, 3.63) is 42.4 Å². The topological polar surface area (TPSA) is 130 Å². The van der Waals surface area contributed by atoms with Crippen LogP contribution in [0.4, 0.5) is 17.2 Å². The maximum absolute atomic E-state index is 12.8. The van der Waals surface area contributed by atoms with E-state index in [1.54, 1.807) is 38.3 Å². The average molecular weight is 536 g/mol. The Balaban J connectivity index is 1.51. The SMILES string of the molecule is CCN1CCN(CCC(=O)Nc2cc(Nc3cccc(-c4ncn(C)n4)c3OC)c(C(=O)NC)cn2)CC1C. The monoisotopic (exact) mass is 535 g/mol. The first-order valence-electron chi connectivity index (χ1n) is 13.1. The van der Waals surface area contributed by atoms with Crippen molar-refractivity contribution >= 4 is 29.0 Å². The minimum atomic E-state index is -0.315. The van der Waals surface area contributed by atoms with E-state index in [1.165, 1.54) is 6.20 Å². The molecule has 3 N–H and O–H groups in total. The van der Waals surface area contributed by atoms with Gasteiger partial charge in [-0.3, -0.25) is 19.2 Å². The number of pyridine rings is 1. The molecule has 0 bridgehead atoms. The van der Waals surface area contributed by atoms with Gasteiger partial charge >= 0.3 is 0 Å². The van der Waals surface area contributed by atoms with Crippen molar-refractivity contribution in [2.24, 2.45) is 7.05 Å². The number of piperazine rings is 1. The number of carbonyl (C=O) groups is 2. The maximum atomic E-state index is 12.8. The molecule has 3 aromatic rings. The lowest BCUT2D eigenvalue weighted by Crippen LogP contribution is -2.52. The summed E-state index contributed by atoms with van der Waals surface area (Å²) in [6.07, 6.45) is 3.41. The number of para-hydroxylation sites is 1.